The molecule has 0 radical (unpaired) electrons. The van der Waals surface area contributed by atoms with Crippen LogP contribution in [0.3, 0.4) is 0 Å². The van der Waals surface area contributed by atoms with Crippen LogP contribution in [0.15, 0.2) is 16.9 Å². The van der Waals surface area contributed by atoms with Crippen molar-refractivity contribution in [2.75, 3.05) is 18.1 Å². The molecule has 1 amide bonds. The quantitative estimate of drug-likeness (QED) is 0.548. The molecule has 2 fully saturated rings. The van der Waals surface area contributed by atoms with Gasteiger partial charge in [0, 0.05) is 24.7 Å². The van der Waals surface area contributed by atoms with E-state index in [1.807, 2.05) is 6.92 Å². The van der Waals surface area contributed by atoms with E-state index in [1.54, 1.807) is 4.90 Å². The number of nitrogens with zero attached hydrogens (tertiary/aromatic N) is 3. The van der Waals surface area contributed by atoms with Crippen molar-refractivity contribution in [2.24, 2.45) is 0 Å². The Bertz CT molecular complexity index is 952. The van der Waals surface area contributed by atoms with Crippen molar-refractivity contribution in [2.45, 2.75) is 76.9 Å². The van der Waals surface area contributed by atoms with Gasteiger partial charge in [0.25, 0.3) is 11.5 Å². The highest BCUT2D eigenvalue weighted by atomic mass is 32.2. The summed E-state index contributed by atoms with van der Waals surface area (Å²) in [5.41, 5.74) is -0.330. The van der Waals surface area contributed by atoms with Crippen LogP contribution in [0.2, 0.25) is 0 Å². The fraction of sp³-hybridized carbons (Fsp3) is 0.714. The Morgan fingerprint density at radius 2 is 1.90 bits per heavy atom. The Labute approximate surface area is 182 Å². The van der Waals surface area contributed by atoms with Crippen LogP contribution in [0.1, 0.15) is 68.8 Å². The summed E-state index contributed by atoms with van der Waals surface area (Å²) in [6.07, 6.45) is 6.82. The topological polar surface area (TPSA) is 116 Å². The Morgan fingerprint density at radius 1 is 1.16 bits per heavy atom. The molecule has 1 saturated carbocycles. The smallest absolute Gasteiger partial charge is 0.359 e. The predicted molar refractivity (Wildman–Crippen MR) is 114 cm³/mol. The number of esters is 1. The van der Waals surface area contributed by atoms with Crippen molar-refractivity contribution < 1.29 is 22.7 Å². The van der Waals surface area contributed by atoms with Crippen molar-refractivity contribution in [3.63, 3.8) is 0 Å². The molecule has 1 atom stereocenters. The van der Waals surface area contributed by atoms with Crippen LogP contribution in [-0.4, -0.2) is 65.2 Å². The SMILES string of the molecule is CCCCn1nc(C(=O)OCC(=O)N(C2CCCCC2)C2CCS(=O)(=O)C2)ccc1=O. The van der Waals surface area contributed by atoms with E-state index in [2.05, 4.69) is 5.10 Å². The highest BCUT2D eigenvalue weighted by Crippen LogP contribution is 2.28. The first-order valence-electron chi connectivity index (χ1n) is 11.1. The zero-order valence-corrected chi connectivity index (χ0v) is 18.8. The molecule has 1 aromatic rings. The summed E-state index contributed by atoms with van der Waals surface area (Å²) >= 11 is 0. The Hall–Kier alpha value is -2.23. The number of aryl methyl sites for hydroxylation is 1. The first kappa shape index (κ1) is 23.4. The molecule has 0 N–H and O–H groups in total. The molecule has 10 heteroatoms. The van der Waals surface area contributed by atoms with Gasteiger partial charge in [0.15, 0.2) is 22.1 Å². The molecule has 1 aromatic heterocycles. The summed E-state index contributed by atoms with van der Waals surface area (Å²) in [6.45, 7) is 1.92. The molecule has 1 unspecified atom stereocenters. The molecule has 31 heavy (non-hydrogen) atoms. The number of unbranched alkanes of at least 4 members (excludes halogenated alkanes) is 1. The van der Waals surface area contributed by atoms with Gasteiger partial charge in [-0.15, -0.1) is 0 Å². The average molecular weight is 454 g/mol. The summed E-state index contributed by atoms with van der Waals surface area (Å²) in [6, 6.07) is 2.17. The lowest BCUT2D eigenvalue weighted by molar-refractivity contribution is -0.140. The van der Waals surface area contributed by atoms with E-state index >= 15 is 0 Å². The highest BCUT2D eigenvalue weighted by molar-refractivity contribution is 7.91. The maximum Gasteiger partial charge on any atom is 0.359 e. The summed E-state index contributed by atoms with van der Waals surface area (Å²) < 4.78 is 30.4. The van der Waals surface area contributed by atoms with Gasteiger partial charge < -0.3 is 9.64 Å². The van der Waals surface area contributed by atoms with Crippen molar-refractivity contribution >= 4 is 21.7 Å². The fourth-order valence-corrected chi connectivity index (χ4v) is 6.07. The lowest BCUT2D eigenvalue weighted by atomic mass is 9.93. The molecule has 3 rings (SSSR count). The van der Waals surface area contributed by atoms with Gasteiger partial charge >= 0.3 is 5.97 Å². The van der Waals surface area contributed by atoms with Gasteiger partial charge in [0.05, 0.1) is 11.5 Å². The molecule has 172 valence electrons. The van der Waals surface area contributed by atoms with Crippen molar-refractivity contribution in [1.82, 2.24) is 14.7 Å². The lowest BCUT2D eigenvalue weighted by Crippen LogP contribution is -2.50. The number of aromatic nitrogens is 2. The van der Waals surface area contributed by atoms with Gasteiger partial charge in [-0.1, -0.05) is 32.6 Å². The lowest BCUT2D eigenvalue weighted by Gasteiger charge is -2.38. The van der Waals surface area contributed by atoms with Crippen LogP contribution in [-0.2, 0) is 25.9 Å². The molecular weight excluding hydrogens is 422 g/mol. The molecule has 9 nitrogen and oxygen atoms in total. The number of ether oxygens (including phenoxy) is 1. The zero-order chi connectivity index (χ0) is 22.4. The Morgan fingerprint density at radius 3 is 2.55 bits per heavy atom. The second-order valence-corrected chi connectivity index (χ2v) is 10.6. The minimum atomic E-state index is -3.15. The first-order chi connectivity index (χ1) is 14.8. The number of hydrogen-bond donors (Lipinski definition) is 0. The fourth-order valence-electron chi connectivity index (χ4n) is 4.36. The van der Waals surface area contributed by atoms with E-state index in [-0.39, 0.29) is 40.7 Å². The van der Waals surface area contributed by atoms with E-state index in [9.17, 15) is 22.8 Å². The molecule has 2 heterocycles. The number of sulfone groups is 1. The van der Waals surface area contributed by atoms with Gasteiger partial charge in [0.1, 0.15) is 0 Å². The van der Waals surface area contributed by atoms with Gasteiger partial charge in [0.2, 0.25) is 0 Å². The average Bonchev–Trinajstić information content (AvgIpc) is 3.11. The number of amides is 1. The minimum absolute atomic E-state index is 0.0210. The number of rotatable bonds is 8. The molecule has 1 aliphatic heterocycles. The maximum absolute atomic E-state index is 13.0. The van der Waals surface area contributed by atoms with Gasteiger partial charge in [-0.3, -0.25) is 9.59 Å². The summed E-state index contributed by atoms with van der Waals surface area (Å²) in [5.74, 6) is -1.10. The van der Waals surface area contributed by atoms with E-state index in [4.69, 9.17) is 4.74 Å². The first-order valence-corrected chi connectivity index (χ1v) is 12.9. The Balaban J connectivity index is 1.67. The van der Waals surface area contributed by atoms with Crippen molar-refractivity contribution in [3.05, 3.63) is 28.2 Å². The molecule has 2 aliphatic rings. The molecule has 0 spiro atoms. The van der Waals surface area contributed by atoms with E-state index in [1.165, 1.54) is 16.8 Å². The molecule has 1 saturated heterocycles. The van der Waals surface area contributed by atoms with Crippen LogP contribution in [0.5, 0.6) is 0 Å². The summed E-state index contributed by atoms with van der Waals surface area (Å²) in [7, 11) is -3.15. The minimum Gasteiger partial charge on any atom is -0.451 e. The van der Waals surface area contributed by atoms with Crippen LogP contribution in [0, 0.1) is 0 Å². The van der Waals surface area contributed by atoms with Gasteiger partial charge in [-0.25, -0.2) is 17.9 Å². The van der Waals surface area contributed by atoms with Crippen LogP contribution >= 0.6 is 0 Å². The van der Waals surface area contributed by atoms with E-state index in [0.29, 0.717) is 13.0 Å². The number of hydrogen-bond acceptors (Lipinski definition) is 7. The standard InChI is InChI=1S/C21H31N3O6S/c1-2-3-12-23-19(25)10-9-18(22-23)21(27)30-14-20(26)24(16-7-5-4-6-8-16)17-11-13-31(28,29)15-17/h9-10,16-17H,2-8,11-15H2,1H3. The summed E-state index contributed by atoms with van der Waals surface area (Å²) in [5, 5.41) is 4.04. The largest absolute Gasteiger partial charge is 0.451 e. The normalized spacial score (nSPS) is 21.0. The zero-order valence-electron chi connectivity index (χ0n) is 18.0. The van der Waals surface area contributed by atoms with E-state index < -0.39 is 22.4 Å². The third kappa shape index (κ3) is 6.15. The summed E-state index contributed by atoms with van der Waals surface area (Å²) in [4.78, 5) is 39.0. The van der Waals surface area contributed by atoms with Gasteiger partial charge in [-0.05, 0) is 31.7 Å². The van der Waals surface area contributed by atoms with Crippen molar-refractivity contribution in [1.29, 1.82) is 0 Å². The van der Waals surface area contributed by atoms with E-state index in [0.717, 1.165) is 44.9 Å². The second kappa shape index (κ2) is 10.4. The molecular formula is C21H31N3O6S. The molecule has 0 bridgehead atoms. The van der Waals surface area contributed by atoms with Crippen LogP contribution < -0.4 is 5.56 Å². The monoisotopic (exact) mass is 453 g/mol. The second-order valence-electron chi connectivity index (χ2n) is 8.36. The molecule has 0 aromatic carbocycles. The number of carbonyl (C=O) groups excluding carboxylic acids is 2. The predicted octanol–water partition coefficient (Wildman–Crippen LogP) is 1.55. The molecule has 1 aliphatic carbocycles. The third-order valence-corrected chi connectivity index (χ3v) is 7.73. The number of carbonyl (C=O) groups is 2. The Kier molecular flexibility index (Phi) is 7.85. The highest BCUT2D eigenvalue weighted by Gasteiger charge is 2.38. The van der Waals surface area contributed by atoms with Gasteiger partial charge in [-0.2, -0.15) is 5.10 Å². The third-order valence-electron chi connectivity index (χ3n) is 5.98. The van der Waals surface area contributed by atoms with Crippen LogP contribution in [0.4, 0.5) is 0 Å². The van der Waals surface area contributed by atoms with Crippen molar-refractivity contribution in [3.8, 4) is 0 Å². The van der Waals surface area contributed by atoms with Crippen LogP contribution in [0.25, 0.3) is 0 Å². The maximum atomic E-state index is 13.0.